The van der Waals surface area contributed by atoms with E-state index in [1.54, 1.807) is 0 Å². The fourth-order valence-electron chi connectivity index (χ4n) is 1.98. The normalized spacial score (nSPS) is 10.9. The molecule has 0 radical (unpaired) electrons. The lowest BCUT2D eigenvalue weighted by molar-refractivity contribution is 0.433. The minimum atomic E-state index is -0.575. The second kappa shape index (κ2) is 7.81. The molecule has 0 unspecified atom stereocenters. The summed E-state index contributed by atoms with van der Waals surface area (Å²) in [6.45, 7) is 3.36. The van der Waals surface area contributed by atoms with Crippen LogP contribution in [0.4, 0.5) is 0 Å². The summed E-state index contributed by atoms with van der Waals surface area (Å²) in [6, 6.07) is 0. The molecule has 0 saturated carbocycles. The molecule has 0 aliphatic carbocycles. The zero-order chi connectivity index (χ0) is 15.1. The molecule has 0 bridgehead atoms. The molecule has 4 N–H and O–H groups in total. The van der Waals surface area contributed by atoms with Crippen LogP contribution in [0.15, 0.2) is 14.4 Å². The summed E-state index contributed by atoms with van der Waals surface area (Å²) in [6.07, 6.45) is 1.66. The lowest BCUT2D eigenvalue weighted by atomic mass is 10.4. The van der Waals surface area contributed by atoms with E-state index in [-0.39, 0.29) is 13.1 Å². The van der Waals surface area contributed by atoms with Crippen LogP contribution in [0.3, 0.4) is 0 Å². The molecule has 1 heterocycles. The van der Waals surface area contributed by atoms with Gasteiger partial charge in [0, 0.05) is 19.6 Å². The molecular weight excluding hydrogens is 262 g/mol. The van der Waals surface area contributed by atoms with E-state index >= 15 is 0 Å². The van der Waals surface area contributed by atoms with Gasteiger partial charge in [-0.05, 0) is 32.4 Å². The first kappa shape index (κ1) is 16.4. The van der Waals surface area contributed by atoms with Crippen molar-refractivity contribution in [3.05, 3.63) is 31.5 Å². The first-order valence-corrected chi connectivity index (χ1v) is 6.93. The van der Waals surface area contributed by atoms with Gasteiger partial charge in [-0.1, -0.05) is 6.92 Å². The molecule has 0 aliphatic heterocycles. The van der Waals surface area contributed by atoms with Crippen LogP contribution in [-0.2, 0) is 19.6 Å². The molecule has 8 nitrogen and oxygen atoms in total. The largest absolute Gasteiger partial charge is 0.336 e. The van der Waals surface area contributed by atoms with Gasteiger partial charge in [0.15, 0.2) is 0 Å². The van der Waals surface area contributed by atoms with Crippen LogP contribution < -0.4 is 28.5 Å². The van der Waals surface area contributed by atoms with Crippen molar-refractivity contribution in [2.75, 3.05) is 13.1 Å². The average Bonchev–Trinajstić information content (AvgIpc) is 2.43. The minimum absolute atomic E-state index is 0.223. The molecule has 1 aromatic heterocycles. The van der Waals surface area contributed by atoms with Crippen molar-refractivity contribution in [3.63, 3.8) is 0 Å². The van der Waals surface area contributed by atoms with Gasteiger partial charge in [-0.25, -0.2) is 28.1 Å². The number of hydrogen-bond donors (Lipinski definition) is 2. The van der Waals surface area contributed by atoms with E-state index in [0.717, 1.165) is 13.7 Å². The maximum absolute atomic E-state index is 12.2. The standard InChI is InChI=1S/C12H23N5O3/c1-2-7-15-10(18)16(8-3-5-13)12(20)17(11(15)19)9-4-6-14/h2-9,13-14H2,1H3. The van der Waals surface area contributed by atoms with Crippen molar-refractivity contribution in [1.82, 2.24) is 13.7 Å². The highest BCUT2D eigenvalue weighted by Gasteiger charge is 2.14. The SMILES string of the molecule is CCCn1c(=O)n(CCCN)c(=O)n(CCCN)c1=O. The molecule has 0 spiro atoms. The summed E-state index contributed by atoms with van der Waals surface area (Å²) in [5.74, 6) is 0. The highest BCUT2D eigenvalue weighted by molar-refractivity contribution is 4.79. The third-order valence-corrected chi connectivity index (χ3v) is 3.00. The second-order valence-electron chi connectivity index (χ2n) is 4.59. The van der Waals surface area contributed by atoms with Gasteiger partial charge in [0.05, 0.1) is 0 Å². The minimum Gasteiger partial charge on any atom is -0.330 e. The summed E-state index contributed by atoms with van der Waals surface area (Å²) in [5, 5.41) is 0. The summed E-state index contributed by atoms with van der Waals surface area (Å²) >= 11 is 0. The van der Waals surface area contributed by atoms with Crippen LogP contribution in [0, 0.1) is 0 Å². The smallest absolute Gasteiger partial charge is 0.330 e. The molecule has 0 atom stereocenters. The lowest BCUT2D eigenvalue weighted by Gasteiger charge is -2.13. The maximum Gasteiger partial charge on any atom is 0.336 e. The third kappa shape index (κ3) is 3.45. The van der Waals surface area contributed by atoms with Crippen molar-refractivity contribution in [2.24, 2.45) is 11.5 Å². The molecule has 8 heteroatoms. The quantitative estimate of drug-likeness (QED) is 0.589. The van der Waals surface area contributed by atoms with E-state index in [0.29, 0.717) is 38.9 Å². The monoisotopic (exact) mass is 285 g/mol. The van der Waals surface area contributed by atoms with Gasteiger partial charge in [0.25, 0.3) is 0 Å². The van der Waals surface area contributed by atoms with Crippen molar-refractivity contribution >= 4 is 0 Å². The summed E-state index contributed by atoms with van der Waals surface area (Å²) in [4.78, 5) is 36.6. The summed E-state index contributed by atoms with van der Waals surface area (Å²) < 4.78 is 3.27. The Hall–Kier alpha value is -1.67. The first-order valence-electron chi connectivity index (χ1n) is 6.93. The van der Waals surface area contributed by atoms with Crippen LogP contribution in [0.2, 0.25) is 0 Å². The Morgan fingerprint density at radius 1 is 0.750 bits per heavy atom. The number of rotatable bonds is 8. The number of aromatic nitrogens is 3. The topological polar surface area (TPSA) is 118 Å². The van der Waals surface area contributed by atoms with Gasteiger partial charge < -0.3 is 11.5 Å². The van der Waals surface area contributed by atoms with Gasteiger partial charge in [-0.2, -0.15) is 0 Å². The van der Waals surface area contributed by atoms with Crippen LogP contribution in [0.25, 0.3) is 0 Å². The highest BCUT2D eigenvalue weighted by Crippen LogP contribution is 1.85. The van der Waals surface area contributed by atoms with Gasteiger partial charge in [0.2, 0.25) is 0 Å². The number of nitrogens with zero attached hydrogens (tertiary/aromatic N) is 3. The fourth-order valence-corrected chi connectivity index (χ4v) is 1.98. The number of hydrogen-bond acceptors (Lipinski definition) is 5. The van der Waals surface area contributed by atoms with Gasteiger partial charge in [0.1, 0.15) is 0 Å². The van der Waals surface area contributed by atoms with E-state index in [2.05, 4.69) is 0 Å². The van der Waals surface area contributed by atoms with Crippen LogP contribution in [-0.4, -0.2) is 26.8 Å². The molecule has 0 saturated heterocycles. The van der Waals surface area contributed by atoms with Gasteiger partial charge >= 0.3 is 17.1 Å². The van der Waals surface area contributed by atoms with Gasteiger partial charge in [-0.15, -0.1) is 0 Å². The zero-order valence-electron chi connectivity index (χ0n) is 11.9. The zero-order valence-corrected chi connectivity index (χ0v) is 11.9. The third-order valence-electron chi connectivity index (χ3n) is 3.00. The van der Waals surface area contributed by atoms with Crippen molar-refractivity contribution in [2.45, 2.75) is 45.8 Å². The molecule has 1 aromatic rings. The predicted molar refractivity (Wildman–Crippen MR) is 76.9 cm³/mol. The Balaban J connectivity index is 3.43. The van der Waals surface area contributed by atoms with E-state index < -0.39 is 17.1 Å². The van der Waals surface area contributed by atoms with E-state index in [1.165, 1.54) is 0 Å². The average molecular weight is 285 g/mol. The second-order valence-corrected chi connectivity index (χ2v) is 4.59. The van der Waals surface area contributed by atoms with Crippen LogP contribution in [0.1, 0.15) is 26.2 Å². The van der Waals surface area contributed by atoms with Crippen molar-refractivity contribution in [1.29, 1.82) is 0 Å². The molecule has 1 rings (SSSR count). The Labute approximate surface area is 116 Å². The van der Waals surface area contributed by atoms with E-state index in [9.17, 15) is 14.4 Å². The predicted octanol–water partition coefficient (Wildman–Crippen LogP) is -1.72. The highest BCUT2D eigenvalue weighted by atomic mass is 16.2. The van der Waals surface area contributed by atoms with Crippen molar-refractivity contribution in [3.8, 4) is 0 Å². The summed E-state index contributed by atoms with van der Waals surface area (Å²) in [5.41, 5.74) is 9.14. The number of nitrogens with two attached hydrogens (primary N) is 2. The van der Waals surface area contributed by atoms with E-state index in [1.807, 2.05) is 6.92 Å². The fraction of sp³-hybridized carbons (Fsp3) is 0.750. The molecule has 0 fully saturated rings. The molecule has 0 aromatic carbocycles. The molecular formula is C12H23N5O3. The van der Waals surface area contributed by atoms with Crippen LogP contribution in [0.5, 0.6) is 0 Å². The van der Waals surface area contributed by atoms with Crippen LogP contribution >= 0.6 is 0 Å². The lowest BCUT2D eigenvalue weighted by Crippen LogP contribution is -2.54. The Morgan fingerprint density at radius 3 is 1.40 bits per heavy atom. The Morgan fingerprint density at radius 2 is 1.10 bits per heavy atom. The maximum atomic E-state index is 12.2. The van der Waals surface area contributed by atoms with E-state index in [4.69, 9.17) is 11.5 Å². The van der Waals surface area contributed by atoms with Crippen molar-refractivity contribution < 1.29 is 0 Å². The molecule has 20 heavy (non-hydrogen) atoms. The molecule has 0 aliphatic rings. The molecule has 114 valence electrons. The Bertz CT molecular complexity index is 552. The first-order chi connectivity index (χ1) is 9.58. The molecule has 0 amide bonds. The summed E-state index contributed by atoms with van der Waals surface area (Å²) in [7, 11) is 0. The van der Waals surface area contributed by atoms with Gasteiger partial charge in [-0.3, -0.25) is 0 Å². The Kier molecular flexibility index (Phi) is 6.40.